The average Bonchev–Trinajstić information content (AvgIpc) is 2.39. The third-order valence-corrected chi connectivity index (χ3v) is 2.72. The first-order valence-corrected chi connectivity index (χ1v) is 6.17. The van der Waals surface area contributed by atoms with Crippen LogP contribution in [0.15, 0.2) is 42.6 Å². The van der Waals surface area contributed by atoms with Gasteiger partial charge in [-0.05, 0) is 30.7 Å². The molecular weight excluding hydrogens is 238 g/mol. The highest BCUT2D eigenvalue weighted by atomic mass is 16.1. The topological polar surface area (TPSA) is 54.0 Å². The van der Waals surface area contributed by atoms with Crippen molar-refractivity contribution in [3.8, 4) is 0 Å². The fourth-order valence-corrected chi connectivity index (χ4v) is 1.76. The highest BCUT2D eigenvalue weighted by Gasteiger charge is 2.03. The summed E-state index contributed by atoms with van der Waals surface area (Å²) in [5.41, 5.74) is 3.83. The summed E-state index contributed by atoms with van der Waals surface area (Å²) >= 11 is 0. The Morgan fingerprint density at radius 3 is 2.68 bits per heavy atom. The molecule has 0 atom stereocenters. The van der Waals surface area contributed by atoms with Gasteiger partial charge in [0.05, 0.1) is 11.9 Å². The van der Waals surface area contributed by atoms with Gasteiger partial charge in [0.15, 0.2) is 0 Å². The number of pyridine rings is 1. The van der Waals surface area contributed by atoms with Gasteiger partial charge in [0.2, 0.25) is 5.91 Å². The van der Waals surface area contributed by atoms with E-state index in [9.17, 15) is 4.79 Å². The Hall–Kier alpha value is -2.36. The zero-order valence-electron chi connectivity index (χ0n) is 11.1. The van der Waals surface area contributed by atoms with E-state index < -0.39 is 0 Å². The van der Waals surface area contributed by atoms with Crippen LogP contribution in [0.5, 0.6) is 0 Å². The van der Waals surface area contributed by atoms with Gasteiger partial charge in [0.1, 0.15) is 0 Å². The number of benzene rings is 1. The maximum atomic E-state index is 11.1. The summed E-state index contributed by atoms with van der Waals surface area (Å²) < 4.78 is 0. The fourth-order valence-electron chi connectivity index (χ4n) is 1.76. The predicted octanol–water partition coefficient (Wildman–Crippen LogP) is 2.96. The average molecular weight is 255 g/mol. The first-order chi connectivity index (χ1) is 9.15. The molecule has 0 saturated carbocycles. The second-order valence-electron chi connectivity index (χ2n) is 4.38. The molecule has 0 spiro atoms. The Morgan fingerprint density at radius 2 is 2.00 bits per heavy atom. The molecule has 2 rings (SSSR count). The molecule has 0 fully saturated rings. The maximum Gasteiger partial charge on any atom is 0.221 e. The molecule has 1 aromatic carbocycles. The molecule has 2 aromatic rings. The van der Waals surface area contributed by atoms with E-state index in [2.05, 4.69) is 15.6 Å². The van der Waals surface area contributed by atoms with Gasteiger partial charge in [0.25, 0.3) is 0 Å². The molecule has 0 unspecified atom stereocenters. The number of amides is 1. The number of rotatable bonds is 4. The molecule has 0 aliphatic carbocycles. The van der Waals surface area contributed by atoms with Gasteiger partial charge in [-0.1, -0.05) is 18.2 Å². The minimum Gasteiger partial charge on any atom is -0.380 e. The Bertz CT molecular complexity index is 564. The van der Waals surface area contributed by atoms with Crippen molar-refractivity contribution in [3.63, 3.8) is 0 Å². The number of anilines is 2. The number of para-hydroxylation sites is 1. The highest BCUT2D eigenvalue weighted by Crippen LogP contribution is 2.17. The van der Waals surface area contributed by atoms with Crippen molar-refractivity contribution in [2.75, 3.05) is 10.6 Å². The summed E-state index contributed by atoms with van der Waals surface area (Å²) in [6, 6.07) is 11.7. The first kappa shape index (κ1) is 13.1. The summed E-state index contributed by atoms with van der Waals surface area (Å²) in [7, 11) is 0. The third kappa shape index (κ3) is 3.81. The Labute approximate surface area is 112 Å². The van der Waals surface area contributed by atoms with Gasteiger partial charge in [0, 0.05) is 24.8 Å². The number of aryl methyl sites for hydroxylation is 1. The van der Waals surface area contributed by atoms with Crippen molar-refractivity contribution in [1.29, 1.82) is 0 Å². The van der Waals surface area contributed by atoms with Crippen LogP contribution >= 0.6 is 0 Å². The van der Waals surface area contributed by atoms with E-state index in [0.29, 0.717) is 6.54 Å². The minimum atomic E-state index is -0.0653. The van der Waals surface area contributed by atoms with E-state index in [0.717, 1.165) is 22.6 Å². The lowest BCUT2D eigenvalue weighted by Crippen LogP contribution is -2.10. The quantitative estimate of drug-likeness (QED) is 0.883. The SMILES string of the molecule is CC(=O)Nc1ccccc1CNc1ccc(C)nc1. The lowest BCUT2D eigenvalue weighted by atomic mass is 10.1. The van der Waals surface area contributed by atoms with Crippen LogP contribution in [0.25, 0.3) is 0 Å². The van der Waals surface area contributed by atoms with Gasteiger partial charge in [-0.15, -0.1) is 0 Å². The van der Waals surface area contributed by atoms with E-state index in [1.54, 1.807) is 6.20 Å². The number of carbonyl (C=O) groups is 1. The number of nitrogens with zero attached hydrogens (tertiary/aromatic N) is 1. The highest BCUT2D eigenvalue weighted by molar-refractivity contribution is 5.89. The van der Waals surface area contributed by atoms with E-state index in [1.807, 2.05) is 43.3 Å². The second kappa shape index (κ2) is 6.00. The van der Waals surface area contributed by atoms with Gasteiger partial charge < -0.3 is 10.6 Å². The molecule has 1 heterocycles. The van der Waals surface area contributed by atoms with Crippen LogP contribution in [0.1, 0.15) is 18.2 Å². The van der Waals surface area contributed by atoms with E-state index in [1.165, 1.54) is 6.92 Å². The van der Waals surface area contributed by atoms with Crippen LogP contribution in [0.2, 0.25) is 0 Å². The molecule has 0 saturated heterocycles. The van der Waals surface area contributed by atoms with Crippen LogP contribution in [-0.2, 0) is 11.3 Å². The molecule has 1 aromatic heterocycles. The first-order valence-electron chi connectivity index (χ1n) is 6.17. The van der Waals surface area contributed by atoms with Crippen molar-refractivity contribution >= 4 is 17.3 Å². The van der Waals surface area contributed by atoms with Crippen LogP contribution in [0, 0.1) is 6.92 Å². The van der Waals surface area contributed by atoms with E-state index >= 15 is 0 Å². The number of carbonyl (C=O) groups excluding carboxylic acids is 1. The minimum absolute atomic E-state index is 0.0653. The Balaban J connectivity index is 2.06. The number of nitrogens with one attached hydrogen (secondary N) is 2. The van der Waals surface area contributed by atoms with Crippen molar-refractivity contribution < 1.29 is 4.79 Å². The van der Waals surface area contributed by atoms with E-state index in [-0.39, 0.29) is 5.91 Å². The molecule has 4 nitrogen and oxygen atoms in total. The fraction of sp³-hybridized carbons (Fsp3) is 0.200. The molecule has 0 radical (unpaired) electrons. The predicted molar refractivity (Wildman–Crippen MR) is 77.0 cm³/mol. The molecule has 19 heavy (non-hydrogen) atoms. The van der Waals surface area contributed by atoms with Crippen molar-refractivity contribution in [2.24, 2.45) is 0 Å². The summed E-state index contributed by atoms with van der Waals surface area (Å²) in [4.78, 5) is 15.4. The maximum absolute atomic E-state index is 11.1. The summed E-state index contributed by atoms with van der Waals surface area (Å²) in [6.45, 7) is 4.10. The molecule has 2 N–H and O–H groups in total. The molecular formula is C15H17N3O. The van der Waals surface area contributed by atoms with Crippen LogP contribution in [0.3, 0.4) is 0 Å². The number of hydrogen-bond acceptors (Lipinski definition) is 3. The van der Waals surface area contributed by atoms with Crippen LogP contribution in [-0.4, -0.2) is 10.9 Å². The van der Waals surface area contributed by atoms with Gasteiger partial charge in [-0.3, -0.25) is 9.78 Å². The molecule has 0 bridgehead atoms. The van der Waals surface area contributed by atoms with Gasteiger partial charge in [-0.25, -0.2) is 0 Å². The molecule has 0 aliphatic rings. The summed E-state index contributed by atoms with van der Waals surface area (Å²) in [5, 5.41) is 6.11. The van der Waals surface area contributed by atoms with Crippen LogP contribution in [0.4, 0.5) is 11.4 Å². The Morgan fingerprint density at radius 1 is 1.21 bits per heavy atom. The van der Waals surface area contributed by atoms with Gasteiger partial charge >= 0.3 is 0 Å². The lowest BCUT2D eigenvalue weighted by molar-refractivity contribution is -0.114. The molecule has 4 heteroatoms. The van der Waals surface area contributed by atoms with Crippen molar-refractivity contribution in [1.82, 2.24) is 4.98 Å². The lowest BCUT2D eigenvalue weighted by Gasteiger charge is -2.11. The van der Waals surface area contributed by atoms with Crippen LogP contribution < -0.4 is 10.6 Å². The Kier molecular flexibility index (Phi) is 4.13. The molecule has 0 aliphatic heterocycles. The molecule has 1 amide bonds. The van der Waals surface area contributed by atoms with Crippen molar-refractivity contribution in [2.45, 2.75) is 20.4 Å². The monoisotopic (exact) mass is 255 g/mol. The summed E-state index contributed by atoms with van der Waals surface area (Å²) in [5.74, 6) is -0.0653. The smallest absolute Gasteiger partial charge is 0.221 e. The summed E-state index contributed by atoms with van der Waals surface area (Å²) in [6.07, 6.45) is 1.80. The number of hydrogen-bond donors (Lipinski definition) is 2. The van der Waals surface area contributed by atoms with Crippen molar-refractivity contribution in [3.05, 3.63) is 53.9 Å². The standard InChI is InChI=1S/C15H17N3O/c1-11-7-8-14(10-16-11)17-9-13-5-3-4-6-15(13)18-12(2)19/h3-8,10,17H,9H2,1-2H3,(H,18,19). The van der Waals surface area contributed by atoms with E-state index in [4.69, 9.17) is 0 Å². The second-order valence-corrected chi connectivity index (χ2v) is 4.38. The van der Waals surface area contributed by atoms with Gasteiger partial charge in [-0.2, -0.15) is 0 Å². The zero-order valence-corrected chi connectivity index (χ0v) is 11.1. The number of aromatic nitrogens is 1. The third-order valence-electron chi connectivity index (χ3n) is 2.72. The normalized spacial score (nSPS) is 10.0. The zero-order chi connectivity index (χ0) is 13.7. The molecule has 98 valence electrons. The largest absolute Gasteiger partial charge is 0.380 e.